The average molecular weight is 154 g/mol. The molecule has 0 aromatic carbocycles. The van der Waals surface area contributed by atoms with Crippen molar-refractivity contribution in [3.8, 4) is 11.3 Å². The van der Waals surface area contributed by atoms with Crippen molar-refractivity contribution >= 4 is 0 Å². The Kier molecular flexibility index (Phi) is 1.63. The fourth-order valence-corrected chi connectivity index (χ4v) is 1.19. The summed E-state index contributed by atoms with van der Waals surface area (Å²) in [5.41, 5.74) is 3.14. The molecule has 0 N–H and O–H groups in total. The number of rotatable bonds is 1. The third kappa shape index (κ3) is 1.10. The van der Waals surface area contributed by atoms with Crippen LogP contribution in [0, 0.1) is 6.08 Å². The third-order valence-corrected chi connectivity index (χ3v) is 1.81. The second-order valence-electron chi connectivity index (χ2n) is 2.59. The van der Waals surface area contributed by atoms with Crippen molar-refractivity contribution in [3.05, 3.63) is 54.7 Å². The molecule has 0 aromatic rings. The molecule has 0 aromatic heterocycles. The van der Waals surface area contributed by atoms with E-state index in [1.807, 2.05) is 30.3 Å². The number of aromatic nitrogens is 1. The first-order valence-corrected chi connectivity index (χ1v) is 3.78. The fourth-order valence-electron chi connectivity index (χ4n) is 1.19. The highest BCUT2D eigenvalue weighted by atomic mass is 14.7. The van der Waals surface area contributed by atoms with Gasteiger partial charge < -0.3 is 0 Å². The summed E-state index contributed by atoms with van der Waals surface area (Å²) in [5, 5.41) is 0. The lowest BCUT2D eigenvalue weighted by molar-refractivity contribution is 1.42. The molecule has 2 rings (SSSR count). The molecule has 0 amide bonds. The van der Waals surface area contributed by atoms with Crippen molar-refractivity contribution in [2.24, 2.45) is 0 Å². The molecule has 1 aliphatic heterocycles. The van der Waals surface area contributed by atoms with E-state index in [0.29, 0.717) is 0 Å². The van der Waals surface area contributed by atoms with Gasteiger partial charge in [0.15, 0.2) is 0 Å². The second kappa shape index (κ2) is 2.78. The maximum Gasteiger partial charge on any atom is 0.0702 e. The van der Waals surface area contributed by atoms with E-state index >= 15 is 0 Å². The highest BCUT2D eigenvalue weighted by molar-refractivity contribution is 5.61. The minimum Gasteiger partial charge on any atom is -0.256 e. The molecule has 0 bridgehead atoms. The predicted molar refractivity (Wildman–Crippen MR) is 48.8 cm³/mol. The first kappa shape index (κ1) is 7.04. The van der Waals surface area contributed by atoms with E-state index in [2.05, 4.69) is 17.6 Å². The van der Waals surface area contributed by atoms with E-state index in [-0.39, 0.29) is 0 Å². The number of hydrogen-bond donors (Lipinski definition) is 0. The van der Waals surface area contributed by atoms with Gasteiger partial charge in [0, 0.05) is 11.8 Å². The Balaban J connectivity index is 2.68. The van der Waals surface area contributed by atoms with E-state index in [9.17, 15) is 0 Å². The van der Waals surface area contributed by atoms with Crippen molar-refractivity contribution in [1.82, 2.24) is 4.98 Å². The van der Waals surface area contributed by atoms with Gasteiger partial charge in [-0.25, -0.2) is 0 Å². The lowest BCUT2D eigenvalue weighted by Gasteiger charge is -1.87. The van der Waals surface area contributed by atoms with Crippen LogP contribution >= 0.6 is 0 Å². The molecule has 57 valence electrons. The Hall–Kier alpha value is -1.63. The van der Waals surface area contributed by atoms with E-state index in [1.54, 1.807) is 6.20 Å². The van der Waals surface area contributed by atoms with Crippen molar-refractivity contribution in [1.29, 1.82) is 0 Å². The maximum atomic E-state index is 4.19. The number of fused-ring (bicyclic) bond motifs is 1. The van der Waals surface area contributed by atoms with Crippen LogP contribution in [0.2, 0.25) is 0 Å². The summed E-state index contributed by atoms with van der Waals surface area (Å²) in [6.07, 6.45) is 4.65. The zero-order valence-corrected chi connectivity index (χ0v) is 6.62. The van der Waals surface area contributed by atoms with Crippen LogP contribution in [-0.4, -0.2) is 4.98 Å². The van der Waals surface area contributed by atoms with Crippen molar-refractivity contribution in [2.45, 2.75) is 0 Å². The van der Waals surface area contributed by atoms with Crippen LogP contribution in [0.4, 0.5) is 0 Å². The summed E-state index contributed by atoms with van der Waals surface area (Å²) in [7, 11) is 0. The minimum atomic E-state index is 0.998. The largest absolute Gasteiger partial charge is 0.256 e. The van der Waals surface area contributed by atoms with Gasteiger partial charge in [0.05, 0.1) is 5.69 Å². The Morgan fingerprint density at radius 2 is 2.17 bits per heavy atom. The van der Waals surface area contributed by atoms with Gasteiger partial charge >= 0.3 is 0 Å². The Bertz CT molecular complexity index is 379. The molecule has 1 aliphatic carbocycles. The van der Waals surface area contributed by atoms with Gasteiger partial charge in [-0.1, -0.05) is 18.7 Å². The van der Waals surface area contributed by atoms with E-state index < -0.39 is 0 Å². The van der Waals surface area contributed by atoms with Crippen LogP contribution in [0.1, 0.15) is 5.56 Å². The molecule has 0 saturated carbocycles. The molecule has 1 heterocycles. The van der Waals surface area contributed by atoms with E-state index in [4.69, 9.17) is 0 Å². The fraction of sp³-hybridized carbons (Fsp3) is 0. The van der Waals surface area contributed by atoms with Crippen LogP contribution < -0.4 is 0 Å². The summed E-state index contributed by atoms with van der Waals surface area (Å²) in [6, 6.07) is 9.92. The normalized spacial score (nSPS) is 10.0. The molecule has 0 saturated heterocycles. The zero-order valence-electron chi connectivity index (χ0n) is 6.62. The topological polar surface area (TPSA) is 12.9 Å². The molecule has 0 fully saturated rings. The van der Waals surface area contributed by atoms with Gasteiger partial charge in [0.1, 0.15) is 0 Å². The van der Waals surface area contributed by atoms with Crippen LogP contribution in [-0.2, 0) is 0 Å². The maximum absolute atomic E-state index is 4.19. The summed E-state index contributed by atoms with van der Waals surface area (Å²) in [4.78, 5) is 4.19. The minimum absolute atomic E-state index is 0.998. The average Bonchev–Trinajstić information content (AvgIpc) is 2.43. The van der Waals surface area contributed by atoms with Crippen molar-refractivity contribution in [3.63, 3.8) is 0 Å². The molecule has 1 radical (unpaired) electrons. The van der Waals surface area contributed by atoms with Gasteiger partial charge in [-0.3, -0.25) is 4.98 Å². The monoisotopic (exact) mass is 154 g/mol. The lowest BCUT2D eigenvalue weighted by atomic mass is 10.2. The molecule has 1 nitrogen and oxygen atoms in total. The molecular formula is C11H8N. The van der Waals surface area contributed by atoms with Gasteiger partial charge in [-0.15, -0.1) is 0 Å². The Labute approximate surface area is 71.7 Å². The summed E-state index contributed by atoms with van der Waals surface area (Å²) < 4.78 is 0. The summed E-state index contributed by atoms with van der Waals surface area (Å²) >= 11 is 0. The molecule has 2 aliphatic rings. The molecular weight excluding hydrogens is 146 g/mol. The Morgan fingerprint density at radius 1 is 1.25 bits per heavy atom. The van der Waals surface area contributed by atoms with Crippen LogP contribution in [0.25, 0.3) is 11.3 Å². The Morgan fingerprint density at radius 3 is 3.00 bits per heavy atom. The molecule has 0 atom stereocenters. The molecule has 0 spiro atoms. The van der Waals surface area contributed by atoms with Gasteiger partial charge in [-0.05, 0) is 29.8 Å². The smallest absolute Gasteiger partial charge is 0.0702 e. The quantitative estimate of drug-likeness (QED) is 0.615. The number of hydrogen-bond acceptors (Lipinski definition) is 1. The van der Waals surface area contributed by atoms with Gasteiger partial charge in [0.2, 0.25) is 0 Å². The first-order chi connectivity index (χ1) is 5.90. The van der Waals surface area contributed by atoms with E-state index in [0.717, 1.165) is 16.8 Å². The third-order valence-electron chi connectivity index (χ3n) is 1.81. The van der Waals surface area contributed by atoms with Crippen molar-refractivity contribution < 1.29 is 0 Å². The van der Waals surface area contributed by atoms with E-state index in [1.165, 1.54) is 0 Å². The molecule has 1 heteroatoms. The SMILES string of the molecule is C=[C]c1cccc2nccc-2c1. The summed E-state index contributed by atoms with van der Waals surface area (Å²) in [6.45, 7) is 3.60. The second-order valence-corrected chi connectivity index (χ2v) is 2.59. The molecule has 12 heavy (non-hydrogen) atoms. The van der Waals surface area contributed by atoms with Gasteiger partial charge in [0.25, 0.3) is 0 Å². The van der Waals surface area contributed by atoms with Crippen LogP contribution in [0.15, 0.2) is 43.1 Å². The van der Waals surface area contributed by atoms with Crippen molar-refractivity contribution in [2.75, 3.05) is 0 Å². The van der Waals surface area contributed by atoms with Gasteiger partial charge in [-0.2, -0.15) is 0 Å². The van der Waals surface area contributed by atoms with Crippen LogP contribution in [0.5, 0.6) is 0 Å². The number of nitrogens with zero attached hydrogens (tertiary/aromatic N) is 1. The zero-order chi connectivity index (χ0) is 8.39. The predicted octanol–water partition coefficient (Wildman–Crippen LogP) is 2.52. The lowest BCUT2D eigenvalue weighted by Crippen LogP contribution is -1.68. The molecule has 0 unspecified atom stereocenters. The first-order valence-electron chi connectivity index (χ1n) is 3.78. The highest BCUT2D eigenvalue weighted by Crippen LogP contribution is 2.18. The standard InChI is InChI=1S/C11H8N/c1-2-9-4-3-5-11-10(8-9)6-7-12-11/h3-8H,1H2. The highest BCUT2D eigenvalue weighted by Gasteiger charge is 1.99. The van der Waals surface area contributed by atoms with Crippen LogP contribution in [0.3, 0.4) is 0 Å². The summed E-state index contributed by atoms with van der Waals surface area (Å²) in [5.74, 6) is 0.